The van der Waals surface area contributed by atoms with Gasteiger partial charge in [-0.05, 0) is 23.6 Å². The molecule has 0 atom stereocenters. The zero-order chi connectivity index (χ0) is 13.5. The SMILES string of the molecule is CCc1ccc(CON=Cc2ccccc2F)cc1. The van der Waals surface area contributed by atoms with Crippen LogP contribution in [0.2, 0.25) is 0 Å². The Kier molecular flexibility index (Phi) is 4.67. The summed E-state index contributed by atoms with van der Waals surface area (Å²) in [7, 11) is 0. The van der Waals surface area contributed by atoms with Crippen LogP contribution < -0.4 is 0 Å². The van der Waals surface area contributed by atoms with E-state index in [9.17, 15) is 4.39 Å². The van der Waals surface area contributed by atoms with Crippen LogP contribution >= 0.6 is 0 Å². The molecular formula is C16H16FNO. The lowest BCUT2D eigenvalue weighted by Crippen LogP contribution is -1.91. The number of oxime groups is 1. The summed E-state index contributed by atoms with van der Waals surface area (Å²) in [6.45, 7) is 2.50. The van der Waals surface area contributed by atoms with Gasteiger partial charge in [-0.2, -0.15) is 0 Å². The van der Waals surface area contributed by atoms with Gasteiger partial charge in [0.2, 0.25) is 0 Å². The van der Waals surface area contributed by atoms with Crippen LogP contribution in [0.15, 0.2) is 53.7 Å². The predicted molar refractivity (Wildman–Crippen MR) is 74.6 cm³/mol. The minimum absolute atomic E-state index is 0.304. The third-order valence-corrected chi connectivity index (χ3v) is 2.83. The molecule has 0 radical (unpaired) electrons. The van der Waals surface area contributed by atoms with Gasteiger partial charge in [0.1, 0.15) is 12.4 Å². The largest absolute Gasteiger partial charge is 0.391 e. The lowest BCUT2D eigenvalue weighted by Gasteiger charge is -2.01. The molecule has 0 saturated carbocycles. The second-order valence-corrected chi connectivity index (χ2v) is 4.20. The lowest BCUT2D eigenvalue weighted by molar-refractivity contribution is 0.132. The second kappa shape index (κ2) is 6.69. The molecule has 0 fully saturated rings. The first-order valence-electron chi connectivity index (χ1n) is 6.27. The molecule has 0 N–H and O–H groups in total. The monoisotopic (exact) mass is 257 g/mol. The van der Waals surface area contributed by atoms with E-state index in [0.717, 1.165) is 12.0 Å². The van der Waals surface area contributed by atoms with Gasteiger partial charge >= 0.3 is 0 Å². The Morgan fingerprint density at radius 3 is 2.42 bits per heavy atom. The zero-order valence-electron chi connectivity index (χ0n) is 10.8. The highest BCUT2D eigenvalue weighted by Crippen LogP contribution is 2.07. The molecule has 0 aliphatic heterocycles. The average Bonchev–Trinajstić information content (AvgIpc) is 2.46. The lowest BCUT2D eigenvalue weighted by atomic mass is 10.1. The highest BCUT2D eigenvalue weighted by atomic mass is 19.1. The summed E-state index contributed by atoms with van der Waals surface area (Å²) in [4.78, 5) is 5.15. The van der Waals surface area contributed by atoms with E-state index in [4.69, 9.17) is 4.84 Å². The molecule has 0 saturated heterocycles. The summed E-state index contributed by atoms with van der Waals surface area (Å²) in [5, 5.41) is 3.78. The number of aryl methyl sites for hydroxylation is 1. The summed E-state index contributed by atoms with van der Waals surface area (Å²) in [5.41, 5.74) is 2.75. The highest BCUT2D eigenvalue weighted by Gasteiger charge is 1.96. The molecular weight excluding hydrogens is 241 g/mol. The van der Waals surface area contributed by atoms with Crippen molar-refractivity contribution in [1.82, 2.24) is 0 Å². The Labute approximate surface area is 112 Å². The molecule has 0 heterocycles. The van der Waals surface area contributed by atoms with Crippen molar-refractivity contribution in [2.45, 2.75) is 20.0 Å². The fraction of sp³-hybridized carbons (Fsp3) is 0.188. The molecule has 19 heavy (non-hydrogen) atoms. The van der Waals surface area contributed by atoms with Crippen molar-refractivity contribution in [3.05, 3.63) is 71.0 Å². The molecule has 3 heteroatoms. The van der Waals surface area contributed by atoms with Gasteiger partial charge < -0.3 is 4.84 Å². The number of hydrogen-bond acceptors (Lipinski definition) is 2. The van der Waals surface area contributed by atoms with Gasteiger partial charge in [0.05, 0.1) is 6.21 Å². The average molecular weight is 257 g/mol. The number of rotatable bonds is 5. The molecule has 0 unspecified atom stereocenters. The molecule has 2 aromatic rings. The van der Waals surface area contributed by atoms with Gasteiger partial charge in [-0.3, -0.25) is 0 Å². The van der Waals surface area contributed by atoms with Gasteiger partial charge in [0.15, 0.2) is 0 Å². The minimum atomic E-state index is -0.304. The predicted octanol–water partition coefficient (Wildman–Crippen LogP) is 3.94. The summed E-state index contributed by atoms with van der Waals surface area (Å²) in [6, 6.07) is 14.6. The number of nitrogens with zero attached hydrogens (tertiary/aromatic N) is 1. The van der Waals surface area contributed by atoms with Crippen molar-refractivity contribution < 1.29 is 9.23 Å². The van der Waals surface area contributed by atoms with Crippen molar-refractivity contribution >= 4 is 6.21 Å². The Morgan fingerprint density at radius 2 is 1.74 bits per heavy atom. The van der Waals surface area contributed by atoms with Gasteiger partial charge in [0, 0.05) is 5.56 Å². The van der Waals surface area contributed by atoms with E-state index < -0.39 is 0 Å². The van der Waals surface area contributed by atoms with Crippen LogP contribution in [-0.4, -0.2) is 6.21 Å². The Morgan fingerprint density at radius 1 is 1.05 bits per heavy atom. The van der Waals surface area contributed by atoms with E-state index in [1.807, 2.05) is 12.1 Å². The highest BCUT2D eigenvalue weighted by molar-refractivity contribution is 5.79. The molecule has 0 aliphatic carbocycles. The smallest absolute Gasteiger partial charge is 0.142 e. The third kappa shape index (κ3) is 3.91. The van der Waals surface area contributed by atoms with Crippen LogP contribution in [0.25, 0.3) is 0 Å². The fourth-order valence-corrected chi connectivity index (χ4v) is 1.66. The fourth-order valence-electron chi connectivity index (χ4n) is 1.66. The van der Waals surface area contributed by atoms with Gasteiger partial charge in [0.25, 0.3) is 0 Å². The first-order valence-corrected chi connectivity index (χ1v) is 6.27. The molecule has 2 rings (SSSR count). The van der Waals surface area contributed by atoms with Gasteiger partial charge in [-0.25, -0.2) is 4.39 Å². The molecule has 0 amide bonds. The molecule has 0 spiro atoms. The first-order chi connectivity index (χ1) is 9.29. The molecule has 0 bridgehead atoms. The number of benzene rings is 2. The van der Waals surface area contributed by atoms with E-state index in [0.29, 0.717) is 12.2 Å². The van der Waals surface area contributed by atoms with E-state index in [1.165, 1.54) is 17.8 Å². The third-order valence-electron chi connectivity index (χ3n) is 2.83. The first kappa shape index (κ1) is 13.3. The number of hydrogen-bond donors (Lipinski definition) is 0. The molecule has 2 nitrogen and oxygen atoms in total. The van der Waals surface area contributed by atoms with Crippen molar-refractivity contribution in [2.24, 2.45) is 5.16 Å². The van der Waals surface area contributed by atoms with Crippen molar-refractivity contribution in [3.63, 3.8) is 0 Å². The van der Waals surface area contributed by atoms with Crippen LogP contribution in [0.5, 0.6) is 0 Å². The Balaban J connectivity index is 1.87. The Bertz CT molecular complexity index is 549. The van der Waals surface area contributed by atoms with Gasteiger partial charge in [-0.1, -0.05) is 54.5 Å². The van der Waals surface area contributed by atoms with Crippen LogP contribution in [-0.2, 0) is 17.9 Å². The van der Waals surface area contributed by atoms with Crippen LogP contribution in [0.4, 0.5) is 4.39 Å². The Hall–Kier alpha value is -2.16. The maximum atomic E-state index is 13.3. The molecule has 0 aliphatic rings. The molecule has 0 aromatic heterocycles. The van der Waals surface area contributed by atoms with Crippen LogP contribution in [0.3, 0.4) is 0 Å². The van der Waals surface area contributed by atoms with E-state index in [2.05, 4.69) is 24.2 Å². The standard InChI is InChI=1S/C16H16FNO/c1-2-13-7-9-14(10-8-13)12-19-18-11-15-5-3-4-6-16(15)17/h3-11H,2,12H2,1H3. The van der Waals surface area contributed by atoms with Crippen LogP contribution in [0.1, 0.15) is 23.6 Å². The summed E-state index contributed by atoms with van der Waals surface area (Å²) < 4.78 is 13.3. The topological polar surface area (TPSA) is 21.6 Å². The maximum absolute atomic E-state index is 13.3. The van der Waals surface area contributed by atoms with Crippen LogP contribution in [0, 0.1) is 5.82 Å². The zero-order valence-corrected chi connectivity index (χ0v) is 10.8. The second-order valence-electron chi connectivity index (χ2n) is 4.20. The molecule has 2 aromatic carbocycles. The van der Waals surface area contributed by atoms with Crippen molar-refractivity contribution in [2.75, 3.05) is 0 Å². The minimum Gasteiger partial charge on any atom is -0.391 e. The summed E-state index contributed by atoms with van der Waals surface area (Å²) in [6.07, 6.45) is 2.41. The van der Waals surface area contributed by atoms with Gasteiger partial charge in [-0.15, -0.1) is 0 Å². The normalized spacial score (nSPS) is 10.8. The number of halogens is 1. The van der Waals surface area contributed by atoms with E-state index >= 15 is 0 Å². The van der Waals surface area contributed by atoms with E-state index in [1.54, 1.807) is 18.2 Å². The van der Waals surface area contributed by atoms with Crippen molar-refractivity contribution in [3.8, 4) is 0 Å². The summed E-state index contributed by atoms with van der Waals surface area (Å²) in [5.74, 6) is -0.304. The quantitative estimate of drug-likeness (QED) is 0.587. The molecule has 98 valence electrons. The maximum Gasteiger partial charge on any atom is 0.142 e. The van der Waals surface area contributed by atoms with E-state index in [-0.39, 0.29) is 5.82 Å². The van der Waals surface area contributed by atoms with Crippen molar-refractivity contribution in [1.29, 1.82) is 0 Å². The summed E-state index contributed by atoms with van der Waals surface area (Å²) >= 11 is 0.